The highest BCUT2D eigenvalue weighted by molar-refractivity contribution is 6.06. The minimum atomic E-state index is 0.315. The molecule has 128 valence electrons. The topological polar surface area (TPSA) is 91.7 Å². The third-order valence-corrected chi connectivity index (χ3v) is 3.90. The Balaban J connectivity index is 1.46. The van der Waals surface area contributed by atoms with Crippen molar-refractivity contribution >= 4 is 27.8 Å². The van der Waals surface area contributed by atoms with Crippen LogP contribution < -0.4 is 5.73 Å². The number of hydrogen-bond acceptors (Lipinski definition) is 6. The maximum Gasteiger partial charge on any atom is 0.204 e. The Morgan fingerprint density at radius 2 is 1.92 bits per heavy atom. The first-order valence-corrected chi connectivity index (χ1v) is 8.15. The SMILES string of the molecule is Nc1nc2ccccc2c2c1ncn2CCOCC#Cc1ncccn1. The van der Waals surface area contributed by atoms with E-state index in [0.29, 0.717) is 36.9 Å². The van der Waals surface area contributed by atoms with Crippen molar-refractivity contribution in [2.75, 3.05) is 18.9 Å². The van der Waals surface area contributed by atoms with E-state index >= 15 is 0 Å². The number of para-hydroxylation sites is 1. The van der Waals surface area contributed by atoms with Crippen LogP contribution in [0.2, 0.25) is 0 Å². The van der Waals surface area contributed by atoms with E-state index < -0.39 is 0 Å². The van der Waals surface area contributed by atoms with Crippen LogP contribution in [0.4, 0.5) is 5.82 Å². The van der Waals surface area contributed by atoms with Crippen molar-refractivity contribution in [3.05, 3.63) is 54.9 Å². The van der Waals surface area contributed by atoms with Crippen molar-refractivity contribution in [1.82, 2.24) is 24.5 Å². The fourth-order valence-electron chi connectivity index (χ4n) is 2.74. The highest BCUT2D eigenvalue weighted by atomic mass is 16.5. The number of hydrogen-bond donors (Lipinski definition) is 1. The summed E-state index contributed by atoms with van der Waals surface area (Å²) in [6, 6.07) is 9.64. The summed E-state index contributed by atoms with van der Waals surface area (Å²) < 4.78 is 7.63. The number of rotatable bonds is 4. The smallest absolute Gasteiger partial charge is 0.204 e. The van der Waals surface area contributed by atoms with Crippen LogP contribution in [0.1, 0.15) is 5.82 Å². The summed E-state index contributed by atoms with van der Waals surface area (Å²) >= 11 is 0. The fraction of sp³-hybridized carbons (Fsp3) is 0.158. The monoisotopic (exact) mass is 344 g/mol. The molecule has 0 aliphatic heterocycles. The largest absolute Gasteiger partial charge is 0.382 e. The summed E-state index contributed by atoms with van der Waals surface area (Å²) in [5.74, 6) is 6.69. The molecule has 3 heterocycles. The molecule has 2 N–H and O–H groups in total. The van der Waals surface area contributed by atoms with Gasteiger partial charge in [0.15, 0.2) is 5.82 Å². The first-order valence-electron chi connectivity index (χ1n) is 8.15. The van der Waals surface area contributed by atoms with Crippen LogP contribution in [0.25, 0.3) is 21.9 Å². The van der Waals surface area contributed by atoms with Crippen LogP contribution in [-0.2, 0) is 11.3 Å². The van der Waals surface area contributed by atoms with Gasteiger partial charge in [-0.2, -0.15) is 0 Å². The molecule has 0 aliphatic rings. The summed E-state index contributed by atoms with van der Waals surface area (Å²) in [5.41, 5.74) is 8.58. The van der Waals surface area contributed by atoms with Gasteiger partial charge in [-0.25, -0.2) is 19.9 Å². The van der Waals surface area contributed by atoms with Crippen molar-refractivity contribution in [3.63, 3.8) is 0 Å². The molecule has 0 aliphatic carbocycles. The van der Waals surface area contributed by atoms with E-state index in [2.05, 4.69) is 31.8 Å². The van der Waals surface area contributed by atoms with E-state index in [9.17, 15) is 0 Å². The molecule has 0 radical (unpaired) electrons. The van der Waals surface area contributed by atoms with E-state index in [1.165, 1.54) is 0 Å². The lowest BCUT2D eigenvalue weighted by Crippen LogP contribution is -2.06. The molecular formula is C19H16N6O. The predicted molar refractivity (Wildman–Crippen MR) is 99.2 cm³/mol. The van der Waals surface area contributed by atoms with Crippen LogP contribution in [0.5, 0.6) is 0 Å². The zero-order chi connectivity index (χ0) is 17.8. The third-order valence-electron chi connectivity index (χ3n) is 3.90. The average molecular weight is 344 g/mol. The Hall–Kier alpha value is -3.50. The quantitative estimate of drug-likeness (QED) is 0.450. The molecule has 4 aromatic rings. The molecule has 26 heavy (non-hydrogen) atoms. The maximum absolute atomic E-state index is 6.04. The molecule has 0 saturated heterocycles. The molecule has 7 heteroatoms. The van der Waals surface area contributed by atoms with Gasteiger partial charge in [0, 0.05) is 24.3 Å². The Labute approximate surface area is 149 Å². The van der Waals surface area contributed by atoms with Crippen molar-refractivity contribution < 1.29 is 4.74 Å². The van der Waals surface area contributed by atoms with Crippen molar-refractivity contribution in [1.29, 1.82) is 0 Å². The number of benzene rings is 1. The van der Waals surface area contributed by atoms with Gasteiger partial charge in [0.2, 0.25) is 5.82 Å². The minimum absolute atomic E-state index is 0.315. The molecule has 0 amide bonds. The number of pyridine rings is 1. The first-order chi connectivity index (χ1) is 12.8. The van der Waals surface area contributed by atoms with Crippen LogP contribution in [-0.4, -0.2) is 37.7 Å². The lowest BCUT2D eigenvalue weighted by Gasteiger charge is -2.07. The number of imidazole rings is 1. The van der Waals surface area contributed by atoms with Crippen molar-refractivity contribution in [3.8, 4) is 11.8 Å². The molecule has 4 rings (SSSR count). The molecule has 0 bridgehead atoms. The van der Waals surface area contributed by atoms with Gasteiger partial charge in [0.05, 0.1) is 24.0 Å². The zero-order valence-corrected chi connectivity index (χ0v) is 14.0. The van der Waals surface area contributed by atoms with Gasteiger partial charge < -0.3 is 15.0 Å². The number of fused-ring (bicyclic) bond motifs is 3. The maximum atomic E-state index is 6.04. The molecule has 3 aromatic heterocycles. The number of nitrogens with zero attached hydrogens (tertiary/aromatic N) is 5. The first kappa shape index (κ1) is 16.0. The Morgan fingerprint density at radius 3 is 2.81 bits per heavy atom. The zero-order valence-electron chi connectivity index (χ0n) is 14.0. The lowest BCUT2D eigenvalue weighted by molar-refractivity contribution is 0.158. The second kappa shape index (κ2) is 7.17. The van der Waals surface area contributed by atoms with Gasteiger partial charge in [0.25, 0.3) is 0 Å². The second-order valence-corrected chi connectivity index (χ2v) is 5.58. The average Bonchev–Trinajstić information content (AvgIpc) is 3.10. The van der Waals surface area contributed by atoms with Crippen molar-refractivity contribution in [2.24, 2.45) is 0 Å². The van der Waals surface area contributed by atoms with Crippen LogP contribution in [0.3, 0.4) is 0 Å². The molecule has 0 spiro atoms. The van der Waals surface area contributed by atoms with Gasteiger partial charge in [-0.3, -0.25) is 0 Å². The summed E-state index contributed by atoms with van der Waals surface area (Å²) in [7, 11) is 0. The number of nitrogens with two attached hydrogens (primary N) is 1. The van der Waals surface area contributed by atoms with Gasteiger partial charge in [-0.05, 0) is 18.1 Å². The standard InChI is InChI=1S/C19H16N6O/c20-19-17-18(14-5-1-2-6-15(14)24-19)25(13-23-17)10-12-26-11-3-7-16-21-8-4-9-22-16/h1-2,4-6,8-9,13H,10-12H2,(H2,20,24). The number of nitrogen functional groups attached to an aromatic ring is 1. The van der Waals surface area contributed by atoms with Crippen LogP contribution >= 0.6 is 0 Å². The summed E-state index contributed by atoms with van der Waals surface area (Å²) in [5, 5.41) is 1.02. The highest BCUT2D eigenvalue weighted by Crippen LogP contribution is 2.26. The van der Waals surface area contributed by atoms with Crippen LogP contribution in [0.15, 0.2) is 49.1 Å². The van der Waals surface area contributed by atoms with Gasteiger partial charge in [-0.15, -0.1) is 0 Å². The molecule has 1 aromatic carbocycles. The predicted octanol–water partition coefficient (Wildman–Crippen LogP) is 2.02. The third kappa shape index (κ3) is 3.18. The Morgan fingerprint density at radius 1 is 1.08 bits per heavy atom. The summed E-state index contributed by atoms with van der Waals surface area (Å²) in [6.07, 6.45) is 5.09. The highest BCUT2D eigenvalue weighted by Gasteiger charge is 2.11. The fourth-order valence-corrected chi connectivity index (χ4v) is 2.74. The molecule has 0 fully saturated rings. The van der Waals surface area contributed by atoms with E-state index in [0.717, 1.165) is 16.4 Å². The molecule has 0 unspecified atom stereocenters. The van der Waals surface area contributed by atoms with Gasteiger partial charge >= 0.3 is 0 Å². The number of anilines is 1. The number of aromatic nitrogens is 5. The number of ether oxygens (including phenoxy) is 1. The summed E-state index contributed by atoms with van der Waals surface area (Å²) in [4.78, 5) is 16.9. The normalized spacial score (nSPS) is 10.8. The minimum Gasteiger partial charge on any atom is -0.382 e. The molecule has 0 saturated carbocycles. The van der Waals surface area contributed by atoms with E-state index in [1.807, 2.05) is 28.8 Å². The van der Waals surface area contributed by atoms with Gasteiger partial charge in [0.1, 0.15) is 12.1 Å². The van der Waals surface area contributed by atoms with E-state index in [1.54, 1.807) is 24.8 Å². The molecular weight excluding hydrogens is 328 g/mol. The summed E-state index contributed by atoms with van der Waals surface area (Å²) in [6.45, 7) is 1.47. The van der Waals surface area contributed by atoms with Crippen molar-refractivity contribution in [2.45, 2.75) is 6.54 Å². The Bertz CT molecular complexity index is 1110. The molecule has 7 nitrogen and oxygen atoms in total. The second-order valence-electron chi connectivity index (χ2n) is 5.58. The molecule has 0 atom stereocenters. The van der Waals surface area contributed by atoms with Crippen LogP contribution in [0, 0.1) is 11.8 Å². The van der Waals surface area contributed by atoms with Gasteiger partial charge in [-0.1, -0.05) is 24.1 Å². The Kier molecular flexibility index (Phi) is 4.41. The lowest BCUT2D eigenvalue weighted by atomic mass is 10.2. The van der Waals surface area contributed by atoms with E-state index in [-0.39, 0.29) is 0 Å². The van der Waals surface area contributed by atoms with E-state index in [4.69, 9.17) is 10.5 Å².